The Morgan fingerprint density at radius 2 is 1.37 bits per heavy atom. The molecule has 0 aliphatic heterocycles. The minimum absolute atomic E-state index is 0.0186. The minimum atomic E-state index is -0.0186. The van der Waals surface area contributed by atoms with Crippen molar-refractivity contribution in [1.82, 2.24) is 0 Å². The lowest BCUT2D eigenvalue weighted by Crippen LogP contribution is -2.32. The maximum atomic E-state index is 9.53. The van der Waals surface area contributed by atoms with E-state index in [1.165, 1.54) is 103 Å². The van der Waals surface area contributed by atoms with Gasteiger partial charge in [-0.15, -0.1) is 0 Å². The third-order valence-corrected chi connectivity index (χ3v) is 8.79. The highest BCUT2D eigenvalue weighted by molar-refractivity contribution is 5.00. The Morgan fingerprint density at radius 1 is 0.778 bits per heavy atom. The molecule has 3 rings (SSSR count). The molecule has 3 aliphatic carbocycles. The van der Waals surface area contributed by atoms with Crippen LogP contribution in [-0.4, -0.2) is 0 Å². The molecule has 0 aromatic heterocycles. The summed E-state index contributed by atoms with van der Waals surface area (Å²) >= 11 is 0. The topological polar surface area (TPSA) is 23.8 Å². The molecule has 0 radical (unpaired) electrons. The minimum Gasteiger partial charge on any atom is -0.198 e. The zero-order valence-corrected chi connectivity index (χ0v) is 18.4. The molecule has 0 aromatic carbocycles. The Hall–Kier alpha value is -0.510. The highest BCUT2D eigenvalue weighted by atomic mass is 14.4. The Bertz CT molecular complexity index is 461. The van der Waals surface area contributed by atoms with Crippen LogP contribution in [0.25, 0.3) is 0 Å². The first-order valence-electron chi connectivity index (χ1n) is 12.5. The number of rotatable bonds is 7. The molecule has 3 aliphatic rings. The third kappa shape index (κ3) is 5.98. The van der Waals surface area contributed by atoms with Crippen molar-refractivity contribution in [3.63, 3.8) is 0 Å². The second kappa shape index (κ2) is 10.3. The molecule has 3 fully saturated rings. The SMILES string of the molecule is CCCCCCC1CCC(C2CCC(C3CCCC(C)(C#N)C3)CC2)CC1. The van der Waals surface area contributed by atoms with Crippen molar-refractivity contribution in [3.05, 3.63) is 0 Å². The molecule has 0 bridgehead atoms. The quantitative estimate of drug-likeness (QED) is 0.413. The fourth-order valence-corrected chi connectivity index (χ4v) is 6.94. The van der Waals surface area contributed by atoms with Crippen LogP contribution >= 0.6 is 0 Å². The normalized spacial score (nSPS) is 40.4. The van der Waals surface area contributed by atoms with Crippen LogP contribution in [-0.2, 0) is 0 Å². The molecule has 0 heterocycles. The average Bonchev–Trinajstić information content (AvgIpc) is 2.72. The second-order valence-corrected chi connectivity index (χ2v) is 10.8. The fourth-order valence-electron chi connectivity index (χ4n) is 6.94. The standard InChI is InChI=1S/C26H45N/c1-3-4-5-6-8-21-10-12-22(13-11-21)23-14-16-24(17-15-23)25-9-7-18-26(2,19-25)20-27/h21-25H,3-19H2,1-2H3. The number of unbranched alkanes of at least 4 members (excludes halogenated alkanes) is 3. The molecular formula is C26H45N. The fraction of sp³-hybridized carbons (Fsp3) is 0.962. The lowest BCUT2D eigenvalue weighted by atomic mass is 9.62. The first kappa shape index (κ1) is 21.2. The van der Waals surface area contributed by atoms with Crippen LogP contribution in [0.15, 0.2) is 0 Å². The van der Waals surface area contributed by atoms with Gasteiger partial charge in [0.05, 0.1) is 11.5 Å². The van der Waals surface area contributed by atoms with E-state index in [-0.39, 0.29) is 5.41 Å². The van der Waals surface area contributed by atoms with E-state index >= 15 is 0 Å². The zero-order valence-electron chi connectivity index (χ0n) is 18.4. The van der Waals surface area contributed by atoms with Crippen LogP contribution in [0.5, 0.6) is 0 Å². The molecular weight excluding hydrogens is 326 g/mol. The summed E-state index contributed by atoms with van der Waals surface area (Å²) in [5.41, 5.74) is -0.0186. The van der Waals surface area contributed by atoms with Crippen molar-refractivity contribution >= 4 is 0 Å². The summed E-state index contributed by atoms with van der Waals surface area (Å²) in [5, 5.41) is 9.53. The summed E-state index contributed by atoms with van der Waals surface area (Å²) in [6.07, 6.45) is 24.3. The lowest BCUT2D eigenvalue weighted by Gasteiger charge is -2.42. The Kier molecular flexibility index (Phi) is 8.10. The molecule has 2 atom stereocenters. The first-order valence-corrected chi connectivity index (χ1v) is 12.5. The molecule has 0 aromatic rings. The first-order chi connectivity index (χ1) is 13.1. The molecule has 1 nitrogen and oxygen atoms in total. The van der Waals surface area contributed by atoms with Crippen LogP contribution in [0.2, 0.25) is 0 Å². The van der Waals surface area contributed by atoms with Gasteiger partial charge in [-0.2, -0.15) is 5.26 Å². The van der Waals surface area contributed by atoms with Gasteiger partial charge in [0, 0.05) is 0 Å². The number of hydrogen-bond donors (Lipinski definition) is 0. The Morgan fingerprint density at radius 3 is 1.96 bits per heavy atom. The van der Waals surface area contributed by atoms with Crippen LogP contribution in [0.4, 0.5) is 0 Å². The second-order valence-electron chi connectivity index (χ2n) is 10.8. The molecule has 27 heavy (non-hydrogen) atoms. The van der Waals surface area contributed by atoms with E-state index < -0.39 is 0 Å². The number of nitrogens with zero attached hydrogens (tertiary/aromatic N) is 1. The molecule has 1 heteroatoms. The third-order valence-electron chi connectivity index (χ3n) is 8.79. The zero-order chi connectivity index (χ0) is 19.1. The van der Waals surface area contributed by atoms with E-state index in [2.05, 4.69) is 19.9 Å². The van der Waals surface area contributed by atoms with E-state index in [9.17, 15) is 5.26 Å². The number of nitriles is 1. The maximum absolute atomic E-state index is 9.53. The Balaban J connectivity index is 1.36. The van der Waals surface area contributed by atoms with Crippen molar-refractivity contribution < 1.29 is 0 Å². The summed E-state index contributed by atoms with van der Waals surface area (Å²) in [4.78, 5) is 0. The summed E-state index contributed by atoms with van der Waals surface area (Å²) in [6.45, 7) is 4.53. The summed E-state index contributed by atoms with van der Waals surface area (Å²) < 4.78 is 0. The van der Waals surface area contributed by atoms with Gasteiger partial charge in [-0.1, -0.05) is 64.7 Å². The summed E-state index contributed by atoms with van der Waals surface area (Å²) in [7, 11) is 0. The lowest BCUT2D eigenvalue weighted by molar-refractivity contribution is 0.0900. The van der Waals surface area contributed by atoms with Gasteiger partial charge in [-0.3, -0.25) is 0 Å². The van der Waals surface area contributed by atoms with Gasteiger partial charge in [0.1, 0.15) is 0 Å². The largest absolute Gasteiger partial charge is 0.198 e. The predicted octanol–water partition coefficient (Wildman–Crippen LogP) is 8.29. The molecule has 2 unspecified atom stereocenters. The van der Waals surface area contributed by atoms with Gasteiger partial charge in [0.25, 0.3) is 0 Å². The van der Waals surface area contributed by atoms with Gasteiger partial charge in [-0.05, 0) is 87.9 Å². The molecule has 0 amide bonds. The van der Waals surface area contributed by atoms with E-state index in [0.717, 1.165) is 36.0 Å². The van der Waals surface area contributed by atoms with Crippen molar-refractivity contribution in [1.29, 1.82) is 5.26 Å². The molecule has 0 saturated heterocycles. The van der Waals surface area contributed by atoms with E-state index in [0.29, 0.717) is 0 Å². The maximum Gasteiger partial charge on any atom is 0.0686 e. The molecule has 0 spiro atoms. The highest BCUT2D eigenvalue weighted by Gasteiger charge is 2.38. The summed E-state index contributed by atoms with van der Waals surface area (Å²) in [6, 6.07) is 2.64. The van der Waals surface area contributed by atoms with E-state index in [4.69, 9.17) is 0 Å². The van der Waals surface area contributed by atoms with E-state index in [1.54, 1.807) is 0 Å². The smallest absolute Gasteiger partial charge is 0.0686 e. The van der Waals surface area contributed by atoms with Gasteiger partial charge >= 0.3 is 0 Å². The summed E-state index contributed by atoms with van der Waals surface area (Å²) in [5.74, 6) is 4.93. The number of hydrogen-bond acceptors (Lipinski definition) is 1. The predicted molar refractivity (Wildman–Crippen MR) is 115 cm³/mol. The van der Waals surface area contributed by atoms with Gasteiger partial charge in [0.15, 0.2) is 0 Å². The highest BCUT2D eigenvalue weighted by Crippen LogP contribution is 2.48. The van der Waals surface area contributed by atoms with Crippen LogP contribution < -0.4 is 0 Å². The van der Waals surface area contributed by atoms with Crippen LogP contribution in [0, 0.1) is 46.3 Å². The molecule has 3 saturated carbocycles. The average molecular weight is 372 g/mol. The van der Waals surface area contributed by atoms with Gasteiger partial charge in [0.2, 0.25) is 0 Å². The van der Waals surface area contributed by atoms with Crippen LogP contribution in [0.1, 0.15) is 123 Å². The molecule has 154 valence electrons. The molecule has 0 N–H and O–H groups in total. The van der Waals surface area contributed by atoms with Crippen molar-refractivity contribution in [2.24, 2.45) is 35.0 Å². The van der Waals surface area contributed by atoms with Crippen molar-refractivity contribution in [3.8, 4) is 6.07 Å². The monoisotopic (exact) mass is 371 g/mol. The van der Waals surface area contributed by atoms with Gasteiger partial charge in [-0.25, -0.2) is 0 Å². The van der Waals surface area contributed by atoms with Crippen molar-refractivity contribution in [2.45, 2.75) is 123 Å². The van der Waals surface area contributed by atoms with Crippen molar-refractivity contribution in [2.75, 3.05) is 0 Å². The Labute approximate surface area is 169 Å². The van der Waals surface area contributed by atoms with E-state index in [1.807, 2.05) is 0 Å². The van der Waals surface area contributed by atoms with Crippen LogP contribution in [0.3, 0.4) is 0 Å². The van der Waals surface area contributed by atoms with Gasteiger partial charge < -0.3 is 0 Å².